The predicted molar refractivity (Wildman–Crippen MR) is 84.8 cm³/mol. The molecule has 1 aliphatic rings. The van der Waals surface area contributed by atoms with E-state index in [1.807, 2.05) is 6.07 Å². The summed E-state index contributed by atoms with van der Waals surface area (Å²) < 4.78 is 5.72. The molecule has 1 heterocycles. The standard InChI is InChI=1S/C15H22Cl2N2O/c16-13-2-1-3-14(17)15(13)20-11-10-19-8-5-12(4-7-18)6-9-19/h1-3,12H,4-11,18H2. The van der Waals surface area contributed by atoms with Gasteiger partial charge < -0.3 is 10.5 Å². The zero-order valence-corrected chi connectivity index (χ0v) is 13.2. The molecular formula is C15H22Cl2N2O. The van der Waals surface area contributed by atoms with Crippen molar-refractivity contribution in [2.75, 3.05) is 32.8 Å². The van der Waals surface area contributed by atoms with Gasteiger partial charge in [-0.15, -0.1) is 0 Å². The fourth-order valence-corrected chi connectivity index (χ4v) is 3.14. The minimum absolute atomic E-state index is 0.569. The molecule has 1 fully saturated rings. The lowest BCUT2D eigenvalue weighted by molar-refractivity contribution is 0.152. The Labute approximate surface area is 131 Å². The first-order valence-electron chi connectivity index (χ1n) is 7.20. The third-order valence-electron chi connectivity index (χ3n) is 3.85. The second-order valence-electron chi connectivity index (χ2n) is 5.26. The van der Waals surface area contributed by atoms with Gasteiger partial charge in [0.1, 0.15) is 6.61 Å². The van der Waals surface area contributed by atoms with E-state index in [4.69, 9.17) is 33.7 Å². The number of piperidine rings is 1. The maximum Gasteiger partial charge on any atom is 0.156 e. The number of benzene rings is 1. The molecule has 1 saturated heterocycles. The van der Waals surface area contributed by atoms with Gasteiger partial charge in [0.2, 0.25) is 0 Å². The highest BCUT2D eigenvalue weighted by molar-refractivity contribution is 6.37. The zero-order valence-electron chi connectivity index (χ0n) is 11.7. The quantitative estimate of drug-likeness (QED) is 0.873. The first-order valence-corrected chi connectivity index (χ1v) is 7.95. The summed E-state index contributed by atoms with van der Waals surface area (Å²) in [6, 6.07) is 5.40. The Morgan fingerprint density at radius 2 is 1.85 bits per heavy atom. The average Bonchev–Trinajstić information content (AvgIpc) is 2.44. The zero-order chi connectivity index (χ0) is 14.4. The molecular weight excluding hydrogens is 295 g/mol. The summed E-state index contributed by atoms with van der Waals surface area (Å²) >= 11 is 12.1. The number of para-hydroxylation sites is 1. The van der Waals surface area contributed by atoms with Crippen molar-refractivity contribution in [3.8, 4) is 5.75 Å². The summed E-state index contributed by atoms with van der Waals surface area (Å²) in [5.41, 5.74) is 5.61. The van der Waals surface area contributed by atoms with E-state index >= 15 is 0 Å². The number of nitrogens with two attached hydrogens (primary N) is 1. The molecule has 0 unspecified atom stereocenters. The molecule has 0 amide bonds. The topological polar surface area (TPSA) is 38.5 Å². The van der Waals surface area contributed by atoms with Gasteiger partial charge in [0.25, 0.3) is 0 Å². The van der Waals surface area contributed by atoms with Crippen molar-refractivity contribution >= 4 is 23.2 Å². The van der Waals surface area contributed by atoms with Gasteiger partial charge in [0.15, 0.2) is 5.75 Å². The van der Waals surface area contributed by atoms with Crippen LogP contribution in [0.25, 0.3) is 0 Å². The van der Waals surface area contributed by atoms with Crippen LogP contribution < -0.4 is 10.5 Å². The number of hydrogen-bond acceptors (Lipinski definition) is 3. The van der Waals surface area contributed by atoms with Crippen LogP contribution in [-0.4, -0.2) is 37.7 Å². The lowest BCUT2D eigenvalue weighted by Crippen LogP contribution is -2.36. The van der Waals surface area contributed by atoms with Gasteiger partial charge in [-0.2, -0.15) is 0 Å². The number of rotatable bonds is 6. The fourth-order valence-electron chi connectivity index (χ4n) is 2.63. The predicted octanol–water partition coefficient (Wildman–Crippen LogP) is 3.43. The van der Waals surface area contributed by atoms with Crippen LogP contribution in [0, 0.1) is 5.92 Å². The molecule has 0 aliphatic carbocycles. The molecule has 0 radical (unpaired) electrons. The van der Waals surface area contributed by atoms with Gasteiger partial charge in [0.05, 0.1) is 10.0 Å². The summed E-state index contributed by atoms with van der Waals surface area (Å²) in [4.78, 5) is 2.43. The van der Waals surface area contributed by atoms with E-state index in [0.717, 1.165) is 38.5 Å². The fraction of sp³-hybridized carbons (Fsp3) is 0.600. The van der Waals surface area contributed by atoms with Crippen LogP contribution in [0.15, 0.2) is 18.2 Å². The van der Waals surface area contributed by atoms with Crippen LogP contribution in [0.5, 0.6) is 5.75 Å². The smallest absolute Gasteiger partial charge is 0.156 e. The SMILES string of the molecule is NCCC1CCN(CCOc2c(Cl)cccc2Cl)CC1. The van der Waals surface area contributed by atoms with Gasteiger partial charge in [-0.25, -0.2) is 0 Å². The largest absolute Gasteiger partial charge is 0.489 e. The maximum atomic E-state index is 6.07. The molecule has 1 aliphatic heterocycles. The molecule has 1 aromatic carbocycles. The third kappa shape index (κ3) is 4.52. The summed E-state index contributed by atoms with van der Waals surface area (Å²) in [6.45, 7) is 4.59. The Bertz CT molecular complexity index is 400. The van der Waals surface area contributed by atoms with E-state index in [1.54, 1.807) is 12.1 Å². The second kappa shape index (κ2) is 8.08. The van der Waals surface area contributed by atoms with Crippen molar-refractivity contribution in [1.82, 2.24) is 4.90 Å². The normalized spacial score (nSPS) is 17.4. The molecule has 0 spiro atoms. The molecule has 112 valence electrons. The Morgan fingerprint density at radius 3 is 2.45 bits per heavy atom. The van der Waals surface area contributed by atoms with Crippen LogP contribution in [0.4, 0.5) is 0 Å². The lowest BCUT2D eigenvalue weighted by atomic mass is 9.94. The van der Waals surface area contributed by atoms with Crippen LogP contribution in [-0.2, 0) is 0 Å². The molecule has 3 nitrogen and oxygen atoms in total. The summed E-state index contributed by atoms with van der Waals surface area (Å²) in [6.07, 6.45) is 3.63. The van der Waals surface area contributed by atoms with Crippen molar-refractivity contribution < 1.29 is 4.74 Å². The first kappa shape index (κ1) is 15.9. The van der Waals surface area contributed by atoms with Crippen LogP contribution in [0.1, 0.15) is 19.3 Å². The molecule has 0 saturated carbocycles. The van der Waals surface area contributed by atoms with Gasteiger partial charge >= 0.3 is 0 Å². The molecule has 20 heavy (non-hydrogen) atoms. The highest BCUT2D eigenvalue weighted by Gasteiger charge is 2.18. The van der Waals surface area contributed by atoms with Gasteiger partial charge in [-0.3, -0.25) is 4.90 Å². The van der Waals surface area contributed by atoms with Gasteiger partial charge in [-0.05, 0) is 56.9 Å². The van der Waals surface area contributed by atoms with Crippen molar-refractivity contribution in [3.63, 3.8) is 0 Å². The monoisotopic (exact) mass is 316 g/mol. The summed E-state index contributed by atoms with van der Waals surface area (Å²) in [5.74, 6) is 1.39. The number of halogens is 2. The van der Waals surface area contributed by atoms with Gasteiger partial charge in [-0.1, -0.05) is 29.3 Å². The minimum atomic E-state index is 0.569. The first-order chi connectivity index (χ1) is 9.70. The van der Waals surface area contributed by atoms with E-state index in [-0.39, 0.29) is 0 Å². The minimum Gasteiger partial charge on any atom is -0.489 e. The molecule has 0 atom stereocenters. The Morgan fingerprint density at radius 1 is 1.20 bits per heavy atom. The number of nitrogens with zero attached hydrogens (tertiary/aromatic N) is 1. The summed E-state index contributed by atoms with van der Waals surface area (Å²) in [7, 11) is 0. The Balaban J connectivity index is 1.72. The molecule has 2 rings (SSSR count). The van der Waals surface area contributed by atoms with E-state index < -0.39 is 0 Å². The molecule has 0 bridgehead atoms. The third-order valence-corrected chi connectivity index (χ3v) is 4.45. The van der Waals surface area contributed by atoms with Crippen molar-refractivity contribution in [2.45, 2.75) is 19.3 Å². The summed E-state index contributed by atoms with van der Waals surface area (Å²) in [5, 5.41) is 1.14. The van der Waals surface area contributed by atoms with Crippen LogP contribution >= 0.6 is 23.2 Å². The number of hydrogen-bond donors (Lipinski definition) is 1. The molecule has 0 aromatic heterocycles. The highest BCUT2D eigenvalue weighted by atomic mass is 35.5. The van der Waals surface area contributed by atoms with Crippen molar-refractivity contribution in [2.24, 2.45) is 11.7 Å². The molecule has 1 aromatic rings. The van der Waals surface area contributed by atoms with Crippen molar-refractivity contribution in [1.29, 1.82) is 0 Å². The van der Waals surface area contributed by atoms with E-state index in [0.29, 0.717) is 22.4 Å². The van der Waals surface area contributed by atoms with E-state index in [2.05, 4.69) is 4.90 Å². The van der Waals surface area contributed by atoms with Crippen LogP contribution in [0.2, 0.25) is 10.0 Å². The van der Waals surface area contributed by atoms with Crippen molar-refractivity contribution in [3.05, 3.63) is 28.2 Å². The maximum absolute atomic E-state index is 6.07. The highest BCUT2D eigenvalue weighted by Crippen LogP contribution is 2.32. The number of ether oxygens (including phenoxy) is 1. The van der Waals surface area contributed by atoms with E-state index in [9.17, 15) is 0 Å². The molecule has 2 N–H and O–H groups in total. The number of likely N-dealkylation sites (tertiary alicyclic amines) is 1. The Kier molecular flexibility index (Phi) is 6.43. The second-order valence-corrected chi connectivity index (χ2v) is 6.08. The molecule has 5 heteroatoms. The van der Waals surface area contributed by atoms with E-state index in [1.165, 1.54) is 12.8 Å². The van der Waals surface area contributed by atoms with Crippen LogP contribution in [0.3, 0.4) is 0 Å². The lowest BCUT2D eigenvalue weighted by Gasteiger charge is -2.31. The van der Waals surface area contributed by atoms with Gasteiger partial charge in [0, 0.05) is 6.54 Å². The Hall–Kier alpha value is -0.480. The average molecular weight is 317 g/mol.